The Bertz CT molecular complexity index is 801. The monoisotopic (exact) mass is 368 g/mol. The Morgan fingerprint density at radius 2 is 1.85 bits per heavy atom. The Labute approximate surface area is 159 Å². The van der Waals surface area contributed by atoms with Crippen LogP contribution in [0.3, 0.4) is 0 Å². The number of anilines is 2. The van der Waals surface area contributed by atoms with Crippen LogP contribution >= 0.6 is 12.2 Å². The summed E-state index contributed by atoms with van der Waals surface area (Å²) in [4.78, 5) is 14.4. The van der Waals surface area contributed by atoms with Crippen LogP contribution in [0.1, 0.15) is 23.1 Å². The van der Waals surface area contributed by atoms with E-state index in [4.69, 9.17) is 12.2 Å². The van der Waals surface area contributed by atoms with Gasteiger partial charge in [0.25, 0.3) is 5.91 Å². The number of para-hydroxylation sites is 1. The van der Waals surface area contributed by atoms with Gasteiger partial charge in [-0.2, -0.15) is 0 Å². The highest BCUT2D eigenvalue weighted by Crippen LogP contribution is 2.26. The molecule has 26 heavy (non-hydrogen) atoms. The molecule has 5 nitrogen and oxygen atoms in total. The van der Waals surface area contributed by atoms with Crippen LogP contribution in [-0.2, 0) is 11.2 Å². The number of hydrogen-bond donors (Lipinski definition) is 3. The molecule has 0 fully saturated rings. The van der Waals surface area contributed by atoms with Crippen LogP contribution in [0.2, 0.25) is 0 Å². The maximum atomic E-state index is 12.3. The molecular weight excluding hydrogens is 344 g/mol. The van der Waals surface area contributed by atoms with Crippen molar-refractivity contribution in [1.82, 2.24) is 10.9 Å². The normalized spacial score (nSPS) is 12.9. The van der Waals surface area contributed by atoms with Gasteiger partial charge < -0.3 is 10.2 Å². The molecule has 0 radical (unpaired) electrons. The van der Waals surface area contributed by atoms with Gasteiger partial charge in [0, 0.05) is 17.9 Å². The number of carbonyl (C=O) groups is 1. The minimum Gasteiger partial charge on any atom is -0.362 e. The Hall–Kier alpha value is -2.60. The minimum absolute atomic E-state index is 0.119. The lowest BCUT2D eigenvalue weighted by atomic mass is 10.0. The van der Waals surface area contributed by atoms with E-state index in [1.807, 2.05) is 38.1 Å². The topological polar surface area (TPSA) is 56.4 Å². The van der Waals surface area contributed by atoms with Gasteiger partial charge in [-0.1, -0.05) is 24.3 Å². The Kier molecular flexibility index (Phi) is 5.73. The van der Waals surface area contributed by atoms with Gasteiger partial charge in [-0.3, -0.25) is 15.6 Å². The molecule has 1 amide bonds. The van der Waals surface area contributed by atoms with Gasteiger partial charge >= 0.3 is 0 Å². The predicted molar refractivity (Wildman–Crippen MR) is 110 cm³/mol. The molecule has 0 unspecified atom stereocenters. The fourth-order valence-electron chi connectivity index (χ4n) is 3.32. The van der Waals surface area contributed by atoms with Crippen LogP contribution in [-0.4, -0.2) is 24.1 Å². The average molecular weight is 369 g/mol. The maximum Gasteiger partial charge on any atom is 0.257 e. The molecule has 1 heterocycles. The lowest BCUT2D eigenvalue weighted by Crippen LogP contribution is -2.48. The van der Waals surface area contributed by atoms with Gasteiger partial charge in [-0.15, -0.1) is 0 Å². The summed E-state index contributed by atoms with van der Waals surface area (Å²) in [5.74, 6) is -0.119. The standard InChI is InChI=1S/C20H24N4OS/c1-14-10-15(2)12-17(11-14)21-20(26)23-22-19(25)13-24-9-5-7-16-6-3-4-8-18(16)24/h3-4,6,8,10-12H,5,7,9,13H2,1-2H3,(H,22,25)(H2,21,23,26). The van der Waals surface area contributed by atoms with Gasteiger partial charge in [0.1, 0.15) is 0 Å². The number of benzene rings is 2. The van der Waals surface area contributed by atoms with Gasteiger partial charge in [0.15, 0.2) is 5.11 Å². The summed E-state index contributed by atoms with van der Waals surface area (Å²) < 4.78 is 0. The zero-order chi connectivity index (χ0) is 18.5. The van der Waals surface area contributed by atoms with Crippen molar-refractivity contribution in [3.8, 4) is 0 Å². The van der Waals surface area contributed by atoms with E-state index in [0.29, 0.717) is 11.7 Å². The number of nitrogens with one attached hydrogen (secondary N) is 3. The summed E-state index contributed by atoms with van der Waals surface area (Å²) in [5, 5.41) is 3.45. The maximum absolute atomic E-state index is 12.3. The van der Waals surface area contributed by atoms with Crippen molar-refractivity contribution >= 4 is 34.6 Å². The van der Waals surface area contributed by atoms with Crippen LogP contribution in [0, 0.1) is 13.8 Å². The molecule has 0 spiro atoms. The van der Waals surface area contributed by atoms with Crippen molar-refractivity contribution in [2.24, 2.45) is 0 Å². The third-order valence-corrected chi connectivity index (χ3v) is 4.54. The zero-order valence-corrected chi connectivity index (χ0v) is 16.0. The summed E-state index contributed by atoms with van der Waals surface area (Å²) in [6.45, 7) is 5.26. The largest absolute Gasteiger partial charge is 0.362 e. The van der Waals surface area contributed by atoms with Crippen LogP contribution < -0.4 is 21.1 Å². The van der Waals surface area contributed by atoms with E-state index in [0.717, 1.165) is 41.9 Å². The smallest absolute Gasteiger partial charge is 0.257 e. The van der Waals surface area contributed by atoms with Gasteiger partial charge in [-0.05, 0) is 73.8 Å². The molecule has 0 saturated carbocycles. The molecule has 0 bridgehead atoms. The summed E-state index contributed by atoms with van der Waals surface area (Å²) in [5.41, 5.74) is 11.1. The molecule has 136 valence electrons. The van der Waals surface area contributed by atoms with E-state index < -0.39 is 0 Å². The molecule has 2 aromatic rings. The molecule has 1 aliphatic heterocycles. The molecule has 3 N–H and O–H groups in total. The van der Waals surface area contributed by atoms with Crippen LogP contribution in [0.15, 0.2) is 42.5 Å². The average Bonchev–Trinajstić information content (AvgIpc) is 2.59. The Balaban J connectivity index is 1.51. The predicted octanol–water partition coefficient (Wildman–Crippen LogP) is 3.07. The molecule has 6 heteroatoms. The van der Waals surface area contributed by atoms with Gasteiger partial charge in [0.2, 0.25) is 0 Å². The molecule has 1 aliphatic rings. The number of aryl methyl sites for hydroxylation is 3. The summed E-state index contributed by atoms with van der Waals surface area (Å²) in [6.07, 6.45) is 2.13. The van der Waals surface area contributed by atoms with E-state index >= 15 is 0 Å². The first-order chi connectivity index (χ1) is 12.5. The van der Waals surface area contributed by atoms with Crippen molar-refractivity contribution in [2.45, 2.75) is 26.7 Å². The highest BCUT2D eigenvalue weighted by atomic mass is 32.1. The van der Waals surface area contributed by atoms with Crippen LogP contribution in [0.4, 0.5) is 11.4 Å². The first kappa shape index (κ1) is 18.2. The second kappa shape index (κ2) is 8.19. The number of fused-ring (bicyclic) bond motifs is 1. The molecule has 0 saturated heterocycles. The molecule has 2 aromatic carbocycles. The fourth-order valence-corrected chi connectivity index (χ4v) is 3.49. The van der Waals surface area contributed by atoms with Gasteiger partial charge in [-0.25, -0.2) is 0 Å². The zero-order valence-electron chi connectivity index (χ0n) is 15.1. The van der Waals surface area contributed by atoms with Crippen molar-refractivity contribution in [3.63, 3.8) is 0 Å². The van der Waals surface area contributed by atoms with Crippen molar-refractivity contribution in [1.29, 1.82) is 0 Å². The number of hydrogen-bond acceptors (Lipinski definition) is 3. The summed E-state index contributed by atoms with van der Waals surface area (Å²) in [7, 11) is 0. The molecule has 0 aliphatic carbocycles. The van der Waals surface area contributed by atoms with Crippen molar-refractivity contribution in [2.75, 3.05) is 23.3 Å². The van der Waals surface area contributed by atoms with E-state index in [1.54, 1.807) is 0 Å². The Morgan fingerprint density at radius 3 is 2.62 bits per heavy atom. The molecule has 0 aromatic heterocycles. The number of nitrogens with zero attached hydrogens (tertiary/aromatic N) is 1. The summed E-state index contributed by atoms with van der Waals surface area (Å²) >= 11 is 5.26. The molecule has 0 atom stereocenters. The highest BCUT2D eigenvalue weighted by molar-refractivity contribution is 7.80. The SMILES string of the molecule is Cc1cc(C)cc(NC(=S)NNC(=O)CN2CCCc3ccccc32)c1. The quantitative estimate of drug-likeness (QED) is 0.574. The number of hydrazine groups is 1. The first-order valence-electron chi connectivity index (χ1n) is 8.78. The second-order valence-corrected chi connectivity index (χ2v) is 7.07. The van der Waals surface area contributed by atoms with E-state index in [1.165, 1.54) is 5.56 Å². The number of carbonyl (C=O) groups excluding carboxylic acids is 1. The summed E-state index contributed by atoms with van der Waals surface area (Å²) in [6, 6.07) is 14.4. The lowest BCUT2D eigenvalue weighted by Gasteiger charge is -2.30. The first-order valence-corrected chi connectivity index (χ1v) is 9.19. The third-order valence-electron chi connectivity index (χ3n) is 4.34. The Morgan fingerprint density at radius 1 is 1.12 bits per heavy atom. The van der Waals surface area contributed by atoms with Crippen molar-refractivity contribution in [3.05, 3.63) is 59.2 Å². The molecular formula is C20H24N4OS. The van der Waals surface area contributed by atoms with E-state index in [-0.39, 0.29) is 5.91 Å². The number of amides is 1. The minimum atomic E-state index is -0.119. The highest BCUT2D eigenvalue weighted by Gasteiger charge is 2.18. The van der Waals surface area contributed by atoms with Gasteiger partial charge in [0.05, 0.1) is 6.54 Å². The fraction of sp³-hybridized carbons (Fsp3) is 0.300. The third kappa shape index (κ3) is 4.73. The van der Waals surface area contributed by atoms with Crippen LogP contribution in [0.5, 0.6) is 0 Å². The van der Waals surface area contributed by atoms with Crippen molar-refractivity contribution < 1.29 is 4.79 Å². The van der Waals surface area contributed by atoms with E-state index in [2.05, 4.69) is 39.3 Å². The van der Waals surface area contributed by atoms with Crippen LogP contribution in [0.25, 0.3) is 0 Å². The lowest BCUT2D eigenvalue weighted by molar-refractivity contribution is -0.120. The number of rotatable bonds is 3. The molecule has 3 rings (SSSR count). The number of thiocarbonyl (C=S) groups is 1. The second-order valence-electron chi connectivity index (χ2n) is 6.66. The van der Waals surface area contributed by atoms with E-state index in [9.17, 15) is 4.79 Å².